The second-order valence-corrected chi connectivity index (χ2v) is 8.77. The molecule has 0 spiro atoms. The molecule has 1 aromatic carbocycles. The third kappa shape index (κ3) is 6.03. The van der Waals surface area contributed by atoms with Crippen molar-refractivity contribution in [2.45, 2.75) is 39.7 Å². The van der Waals surface area contributed by atoms with Crippen molar-refractivity contribution in [2.24, 2.45) is 5.92 Å². The fourth-order valence-electron chi connectivity index (χ4n) is 4.12. The monoisotopic (exact) mass is 458 g/mol. The largest absolute Gasteiger partial charge is 0.494 e. The van der Waals surface area contributed by atoms with Crippen molar-refractivity contribution in [1.29, 1.82) is 0 Å². The van der Waals surface area contributed by atoms with E-state index < -0.39 is 17.9 Å². The van der Waals surface area contributed by atoms with Crippen LogP contribution in [0.2, 0.25) is 0 Å². The Hall–Kier alpha value is -3.10. The molecule has 0 bridgehead atoms. The number of benzene rings is 1. The minimum absolute atomic E-state index is 0.111. The van der Waals surface area contributed by atoms with Crippen molar-refractivity contribution >= 4 is 23.6 Å². The molecule has 2 aliphatic heterocycles. The molecule has 1 aromatic rings. The molecule has 2 fully saturated rings. The molecule has 0 aliphatic carbocycles. The summed E-state index contributed by atoms with van der Waals surface area (Å²) in [6, 6.07) is 6.11. The molecule has 2 heterocycles. The average molecular weight is 459 g/mol. The Labute approximate surface area is 195 Å². The van der Waals surface area contributed by atoms with Gasteiger partial charge in [-0.15, -0.1) is 0 Å². The van der Waals surface area contributed by atoms with Crippen LogP contribution in [0.25, 0.3) is 0 Å². The number of rotatable bonds is 6. The van der Waals surface area contributed by atoms with Crippen LogP contribution in [0.3, 0.4) is 0 Å². The van der Waals surface area contributed by atoms with Gasteiger partial charge in [-0.05, 0) is 49.9 Å². The smallest absolute Gasteiger partial charge is 0.312 e. The molecule has 33 heavy (non-hydrogen) atoms. The predicted molar refractivity (Wildman–Crippen MR) is 123 cm³/mol. The zero-order valence-corrected chi connectivity index (χ0v) is 19.7. The molecule has 4 amide bonds. The van der Waals surface area contributed by atoms with Crippen molar-refractivity contribution in [2.75, 3.05) is 45.9 Å². The number of hydrogen-bond acceptors (Lipinski definition) is 5. The van der Waals surface area contributed by atoms with Gasteiger partial charge in [0.25, 0.3) is 5.91 Å². The molecule has 9 heteroatoms. The summed E-state index contributed by atoms with van der Waals surface area (Å²) in [6.45, 7) is 8.75. The van der Waals surface area contributed by atoms with Crippen molar-refractivity contribution in [3.05, 3.63) is 29.8 Å². The number of likely N-dealkylation sites (tertiary alicyclic amines) is 1. The Bertz CT molecular complexity index is 856. The van der Waals surface area contributed by atoms with E-state index in [1.807, 2.05) is 20.8 Å². The van der Waals surface area contributed by atoms with E-state index in [-0.39, 0.29) is 17.7 Å². The molecule has 2 aliphatic rings. The third-order valence-corrected chi connectivity index (χ3v) is 6.10. The van der Waals surface area contributed by atoms with E-state index in [0.29, 0.717) is 57.2 Å². The number of piperazine rings is 1. The highest BCUT2D eigenvalue weighted by molar-refractivity contribution is 6.35. The Morgan fingerprint density at radius 3 is 1.88 bits per heavy atom. The molecular weight excluding hydrogens is 424 g/mol. The summed E-state index contributed by atoms with van der Waals surface area (Å²) in [5.41, 5.74) is 0.452. The second kappa shape index (κ2) is 11.2. The van der Waals surface area contributed by atoms with Crippen molar-refractivity contribution in [3.8, 4) is 5.75 Å². The van der Waals surface area contributed by atoms with E-state index in [4.69, 9.17) is 4.74 Å². The van der Waals surface area contributed by atoms with Gasteiger partial charge in [-0.2, -0.15) is 0 Å². The molecule has 2 saturated heterocycles. The van der Waals surface area contributed by atoms with Crippen molar-refractivity contribution in [1.82, 2.24) is 20.0 Å². The fraction of sp³-hybridized carbons (Fsp3) is 0.583. The highest BCUT2D eigenvalue weighted by Gasteiger charge is 2.34. The minimum Gasteiger partial charge on any atom is -0.494 e. The molecule has 1 atom stereocenters. The van der Waals surface area contributed by atoms with E-state index in [1.165, 1.54) is 4.90 Å². The summed E-state index contributed by atoms with van der Waals surface area (Å²) >= 11 is 0. The van der Waals surface area contributed by atoms with Crippen LogP contribution in [0.5, 0.6) is 5.75 Å². The summed E-state index contributed by atoms with van der Waals surface area (Å²) < 4.78 is 5.40. The van der Waals surface area contributed by atoms with Crippen LogP contribution < -0.4 is 10.1 Å². The molecular formula is C24H34N4O5. The minimum atomic E-state index is -0.683. The fourth-order valence-corrected chi connectivity index (χ4v) is 4.12. The first kappa shape index (κ1) is 24.5. The van der Waals surface area contributed by atoms with Gasteiger partial charge in [0.1, 0.15) is 11.8 Å². The number of nitrogens with one attached hydrogen (secondary N) is 1. The number of ether oxygens (including phenoxy) is 1. The first-order valence-corrected chi connectivity index (χ1v) is 11.7. The number of carbonyl (C=O) groups is 4. The summed E-state index contributed by atoms with van der Waals surface area (Å²) in [7, 11) is 0. The van der Waals surface area contributed by atoms with Gasteiger partial charge >= 0.3 is 11.8 Å². The van der Waals surface area contributed by atoms with E-state index in [9.17, 15) is 19.2 Å². The maximum absolute atomic E-state index is 13.2. The van der Waals surface area contributed by atoms with Crippen molar-refractivity contribution < 1.29 is 23.9 Å². The Morgan fingerprint density at radius 2 is 1.36 bits per heavy atom. The zero-order chi connectivity index (χ0) is 24.0. The summed E-state index contributed by atoms with van der Waals surface area (Å²) in [5, 5.41) is 2.86. The van der Waals surface area contributed by atoms with Gasteiger partial charge in [-0.3, -0.25) is 19.2 Å². The van der Waals surface area contributed by atoms with E-state index >= 15 is 0 Å². The van der Waals surface area contributed by atoms with Crippen LogP contribution in [0, 0.1) is 5.92 Å². The van der Waals surface area contributed by atoms with Gasteiger partial charge < -0.3 is 24.8 Å². The van der Waals surface area contributed by atoms with Crippen molar-refractivity contribution in [3.63, 3.8) is 0 Å². The number of amides is 4. The SMILES string of the molecule is CCOc1ccc(C(=O)NC(C(=O)N2CCN(C(=O)C(=O)N3CCCC3)CC2)C(C)C)cc1. The number of nitrogens with zero attached hydrogens (tertiary/aromatic N) is 3. The first-order chi connectivity index (χ1) is 15.8. The lowest BCUT2D eigenvalue weighted by Gasteiger charge is -2.37. The molecule has 1 unspecified atom stereocenters. The van der Waals surface area contributed by atoms with E-state index in [1.54, 1.807) is 34.1 Å². The predicted octanol–water partition coefficient (Wildman–Crippen LogP) is 1.13. The molecule has 0 aromatic heterocycles. The number of hydrogen-bond donors (Lipinski definition) is 1. The molecule has 1 N–H and O–H groups in total. The van der Waals surface area contributed by atoms with Crippen LogP contribution in [-0.4, -0.2) is 90.2 Å². The maximum atomic E-state index is 13.2. The molecule has 0 saturated carbocycles. The van der Waals surface area contributed by atoms with Crippen LogP contribution in [0.1, 0.15) is 44.0 Å². The highest BCUT2D eigenvalue weighted by Crippen LogP contribution is 2.15. The van der Waals surface area contributed by atoms with Gasteiger partial charge in [0, 0.05) is 44.8 Å². The lowest BCUT2D eigenvalue weighted by Crippen LogP contribution is -2.58. The molecule has 9 nitrogen and oxygen atoms in total. The van der Waals surface area contributed by atoms with Gasteiger partial charge in [0.15, 0.2) is 0 Å². The second-order valence-electron chi connectivity index (χ2n) is 8.77. The quantitative estimate of drug-likeness (QED) is 0.645. The van der Waals surface area contributed by atoms with Gasteiger partial charge in [0.05, 0.1) is 6.61 Å². The first-order valence-electron chi connectivity index (χ1n) is 11.7. The van der Waals surface area contributed by atoms with Crippen LogP contribution in [0.15, 0.2) is 24.3 Å². The average Bonchev–Trinajstić information content (AvgIpc) is 3.36. The molecule has 0 radical (unpaired) electrons. The Kier molecular flexibility index (Phi) is 8.30. The van der Waals surface area contributed by atoms with E-state index in [0.717, 1.165) is 12.8 Å². The standard InChI is InChI=1S/C24H34N4O5/c1-4-33-19-9-7-18(8-10-19)21(29)25-20(17(2)3)22(30)27-13-15-28(16-14-27)24(32)23(31)26-11-5-6-12-26/h7-10,17,20H,4-6,11-16H2,1-3H3,(H,25,29). The summed E-state index contributed by atoms with van der Waals surface area (Å²) in [5.74, 6) is -0.873. The van der Waals surface area contributed by atoms with Gasteiger partial charge in [-0.1, -0.05) is 13.8 Å². The van der Waals surface area contributed by atoms with Crippen LogP contribution in [0.4, 0.5) is 0 Å². The highest BCUT2D eigenvalue weighted by atomic mass is 16.5. The van der Waals surface area contributed by atoms with E-state index in [2.05, 4.69) is 5.32 Å². The van der Waals surface area contributed by atoms with Gasteiger partial charge in [-0.25, -0.2) is 0 Å². The van der Waals surface area contributed by atoms with Crippen LogP contribution >= 0.6 is 0 Å². The topological polar surface area (TPSA) is 99.3 Å². The van der Waals surface area contributed by atoms with Gasteiger partial charge in [0.2, 0.25) is 5.91 Å². The Morgan fingerprint density at radius 1 is 0.848 bits per heavy atom. The maximum Gasteiger partial charge on any atom is 0.312 e. The zero-order valence-electron chi connectivity index (χ0n) is 19.7. The summed E-state index contributed by atoms with van der Waals surface area (Å²) in [4.78, 5) is 55.6. The Balaban J connectivity index is 1.56. The number of carbonyl (C=O) groups excluding carboxylic acids is 4. The lowest BCUT2D eigenvalue weighted by atomic mass is 10.0. The summed E-state index contributed by atoms with van der Waals surface area (Å²) in [6.07, 6.45) is 1.86. The third-order valence-electron chi connectivity index (χ3n) is 6.10. The molecule has 180 valence electrons. The lowest BCUT2D eigenvalue weighted by molar-refractivity contribution is -0.153. The van der Waals surface area contributed by atoms with Crippen LogP contribution in [-0.2, 0) is 14.4 Å². The normalized spacial score (nSPS) is 17.2. The molecule has 3 rings (SSSR count).